The lowest BCUT2D eigenvalue weighted by atomic mass is 10.3. The van der Waals surface area contributed by atoms with Gasteiger partial charge in [0.05, 0.1) is 6.67 Å². The number of anilines is 1. The summed E-state index contributed by atoms with van der Waals surface area (Å²) in [6.07, 6.45) is 0. The molecule has 0 atom stereocenters. The van der Waals surface area contributed by atoms with E-state index < -0.39 is 0 Å². The summed E-state index contributed by atoms with van der Waals surface area (Å²) in [5, 5.41) is 2.12. The van der Waals surface area contributed by atoms with Crippen molar-refractivity contribution in [2.75, 3.05) is 31.7 Å². The van der Waals surface area contributed by atoms with Gasteiger partial charge in [-0.2, -0.15) is 0 Å². The second-order valence-electron chi connectivity index (χ2n) is 3.34. The highest BCUT2D eigenvalue weighted by Gasteiger charge is 2.12. The predicted molar refractivity (Wildman–Crippen MR) is 54.4 cm³/mol. The summed E-state index contributed by atoms with van der Waals surface area (Å²) in [6, 6.07) is 10.5. The molecule has 0 aromatic heterocycles. The largest absolute Gasteiger partial charge is 0.356 e. The zero-order chi connectivity index (χ0) is 9.10. The summed E-state index contributed by atoms with van der Waals surface area (Å²) in [5.41, 5.74) is 4.58. The van der Waals surface area contributed by atoms with Crippen molar-refractivity contribution in [1.82, 2.24) is 10.4 Å². The average molecular weight is 177 g/mol. The number of para-hydroxylation sites is 1. The standard InChI is InChI=1S/C10H15N3/c1-12-7-8-13(9-11-12)10-5-3-2-4-6-10/h2-6,11H,7-9H2,1H3. The molecule has 0 aliphatic carbocycles. The number of rotatable bonds is 1. The summed E-state index contributed by atoms with van der Waals surface area (Å²) >= 11 is 0. The van der Waals surface area contributed by atoms with Crippen molar-refractivity contribution in [3.05, 3.63) is 30.3 Å². The minimum Gasteiger partial charge on any atom is -0.356 e. The van der Waals surface area contributed by atoms with E-state index in [1.165, 1.54) is 5.69 Å². The highest BCUT2D eigenvalue weighted by atomic mass is 15.6. The van der Waals surface area contributed by atoms with Crippen LogP contribution in [-0.4, -0.2) is 31.8 Å². The van der Waals surface area contributed by atoms with Crippen LogP contribution in [0.1, 0.15) is 0 Å². The monoisotopic (exact) mass is 177 g/mol. The van der Waals surface area contributed by atoms with Crippen LogP contribution in [0.3, 0.4) is 0 Å². The molecule has 0 bridgehead atoms. The molecule has 1 heterocycles. The summed E-state index contributed by atoms with van der Waals surface area (Å²) in [5.74, 6) is 0. The highest BCUT2D eigenvalue weighted by molar-refractivity contribution is 5.45. The summed E-state index contributed by atoms with van der Waals surface area (Å²) in [4.78, 5) is 2.33. The Morgan fingerprint density at radius 3 is 2.54 bits per heavy atom. The van der Waals surface area contributed by atoms with Gasteiger partial charge in [-0.15, -0.1) is 0 Å². The van der Waals surface area contributed by atoms with Gasteiger partial charge in [0.25, 0.3) is 0 Å². The maximum Gasteiger partial charge on any atom is 0.0813 e. The van der Waals surface area contributed by atoms with E-state index in [2.05, 4.69) is 46.6 Å². The third kappa shape index (κ3) is 1.99. The number of likely N-dealkylation sites (N-methyl/N-ethyl adjacent to an activating group) is 1. The van der Waals surface area contributed by atoms with Gasteiger partial charge in [0.15, 0.2) is 0 Å². The van der Waals surface area contributed by atoms with Crippen molar-refractivity contribution in [3.63, 3.8) is 0 Å². The summed E-state index contributed by atoms with van der Waals surface area (Å²) in [7, 11) is 2.07. The van der Waals surface area contributed by atoms with Crippen molar-refractivity contribution in [2.45, 2.75) is 0 Å². The van der Waals surface area contributed by atoms with Gasteiger partial charge < -0.3 is 4.90 Å². The van der Waals surface area contributed by atoms with Gasteiger partial charge in [0.2, 0.25) is 0 Å². The Bertz CT molecular complexity index is 252. The van der Waals surface area contributed by atoms with Gasteiger partial charge in [0, 0.05) is 25.8 Å². The fourth-order valence-electron chi connectivity index (χ4n) is 1.49. The van der Waals surface area contributed by atoms with Crippen LogP contribution in [0.15, 0.2) is 30.3 Å². The van der Waals surface area contributed by atoms with Crippen molar-refractivity contribution in [3.8, 4) is 0 Å². The topological polar surface area (TPSA) is 18.5 Å². The van der Waals surface area contributed by atoms with E-state index >= 15 is 0 Å². The van der Waals surface area contributed by atoms with Crippen LogP contribution in [0.2, 0.25) is 0 Å². The fraction of sp³-hybridized carbons (Fsp3) is 0.400. The molecule has 1 saturated heterocycles. The summed E-state index contributed by atoms with van der Waals surface area (Å²) in [6.45, 7) is 3.06. The normalized spacial score (nSPS) is 19.0. The minimum absolute atomic E-state index is 0.903. The van der Waals surface area contributed by atoms with Crippen LogP contribution >= 0.6 is 0 Å². The quantitative estimate of drug-likeness (QED) is 0.687. The first kappa shape index (κ1) is 8.53. The lowest BCUT2D eigenvalue weighted by molar-refractivity contribution is 0.209. The van der Waals surface area contributed by atoms with Gasteiger partial charge in [-0.1, -0.05) is 18.2 Å². The van der Waals surface area contributed by atoms with Gasteiger partial charge in [-0.05, 0) is 12.1 Å². The zero-order valence-electron chi connectivity index (χ0n) is 7.90. The third-order valence-electron chi connectivity index (χ3n) is 2.36. The number of hydrogen-bond acceptors (Lipinski definition) is 3. The molecule has 13 heavy (non-hydrogen) atoms. The number of benzene rings is 1. The Balaban J connectivity index is 2.03. The molecule has 3 heteroatoms. The number of nitrogens with one attached hydrogen (secondary N) is 1. The van der Waals surface area contributed by atoms with Gasteiger partial charge in [-0.25, -0.2) is 10.4 Å². The second kappa shape index (κ2) is 3.77. The lowest BCUT2D eigenvalue weighted by Crippen LogP contribution is -2.52. The van der Waals surface area contributed by atoms with E-state index in [0.717, 1.165) is 19.8 Å². The molecule has 0 spiro atoms. The Labute approximate surface area is 78.9 Å². The van der Waals surface area contributed by atoms with Crippen molar-refractivity contribution >= 4 is 5.69 Å². The molecule has 1 aliphatic rings. The Morgan fingerprint density at radius 2 is 1.92 bits per heavy atom. The van der Waals surface area contributed by atoms with Crippen molar-refractivity contribution in [1.29, 1.82) is 0 Å². The number of nitrogens with zero attached hydrogens (tertiary/aromatic N) is 2. The van der Waals surface area contributed by atoms with Crippen LogP contribution in [0.4, 0.5) is 5.69 Å². The SMILES string of the molecule is CN1CCN(c2ccccc2)CN1. The van der Waals surface area contributed by atoms with Crippen LogP contribution in [0, 0.1) is 0 Å². The smallest absolute Gasteiger partial charge is 0.0813 e. The molecule has 1 N–H and O–H groups in total. The molecular formula is C10H15N3. The minimum atomic E-state index is 0.903. The number of hydrazine groups is 1. The van der Waals surface area contributed by atoms with Gasteiger partial charge >= 0.3 is 0 Å². The Morgan fingerprint density at radius 1 is 1.15 bits per heavy atom. The van der Waals surface area contributed by atoms with E-state index in [4.69, 9.17) is 0 Å². The third-order valence-corrected chi connectivity index (χ3v) is 2.36. The first-order valence-electron chi connectivity index (χ1n) is 4.61. The lowest BCUT2D eigenvalue weighted by Gasteiger charge is -2.34. The Hall–Kier alpha value is -1.06. The first-order chi connectivity index (χ1) is 6.36. The van der Waals surface area contributed by atoms with Crippen LogP contribution in [0.25, 0.3) is 0 Å². The van der Waals surface area contributed by atoms with E-state index in [9.17, 15) is 0 Å². The maximum atomic E-state index is 3.29. The van der Waals surface area contributed by atoms with E-state index in [1.807, 2.05) is 6.07 Å². The fourth-order valence-corrected chi connectivity index (χ4v) is 1.49. The molecule has 1 aromatic carbocycles. The molecule has 0 saturated carbocycles. The second-order valence-corrected chi connectivity index (χ2v) is 3.34. The molecule has 1 fully saturated rings. The molecule has 1 aromatic rings. The van der Waals surface area contributed by atoms with Crippen molar-refractivity contribution < 1.29 is 0 Å². The maximum absolute atomic E-state index is 3.29. The predicted octanol–water partition coefficient (Wildman–Crippen LogP) is 0.901. The molecule has 0 radical (unpaired) electrons. The molecule has 70 valence electrons. The molecule has 2 rings (SSSR count). The molecule has 0 unspecified atom stereocenters. The van der Waals surface area contributed by atoms with E-state index in [-0.39, 0.29) is 0 Å². The highest BCUT2D eigenvalue weighted by Crippen LogP contribution is 2.13. The summed E-state index contributed by atoms with van der Waals surface area (Å²) < 4.78 is 0. The molecule has 0 amide bonds. The molecular weight excluding hydrogens is 162 g/mol. The van der Waals surface area contributed by atoms with Gasteiger partial charge in [0.1, 0.15) is 0 Å². The Kier molecular flexibility index (Phi) is 2.47. The van der Waals surface area contributed by atoms with Crippen LogP contribution < -0.4 is 10.3 Å². The molecule has 3 nitrogen and oxygen atoms in total. The van der Waals surface area contributed by atoms with E-state index in [1.54, 1.807) is 0 Å². The van der Waals surface area contributed by atoms with Crippen molar-refractivity contribution in [2.24, 2.45) is 0 Å². The van der Waals surface area contributed by atoms with Crippen LogP contribution in [0.5, 0.6) is 0 Å². The first-order valence-corrected chi connectivity index (χ1v) is 4.61. The average Bonchev–Trinajstić information content (AvgIpc) is 2.20. The van der Waals surface area contributed by atoms with Crippen LogP contribution in [-0.2, 0) is 0 Å². The van der Waals surface area contributed by atoms with E-state index in [0.29, 0.717) is 0 Å². The van der Waals surface area contributed by atoms with Gasteiger partial charge in [-0.3, -0.25) is 0 Å². The molecule has 1 aliphatic heterocycles. The number of hydrogen-bond donors (Lipinski definition) is 1. The zero-order valence-corrected chi connectivity index (χ0v) is 7.90.